The van der Waals surface area contributed by atoms with Crippen LogP contribution in [0, 0.1) is 0 Å². The molecule has 0 aliphatic carbocycles. The van der Waals surface area contributed by atoms with Crippen molar-refractivity contribution in [1.29, 1.82) is 0 Å². The number of benzene rings is 1. The molecule has 1 aliphatic heterocycles. The van der Waals surface area contributed by atoms with Gasteiger partial charge >= 0.3 is 5.97 Å². The summed E-state index contributed by atoms with van der Waals surface area (Å²) in [6.07, 6.45) is 1.29. The summed E-state index contributed by atoms with van der Waals surface area (Å²) in [6.45, 7) is 0.506. The Morgan fingerprint density at radius 1 is 1.47 bits per heavy atom. The molecular weight excluding hydrogens is 260 g/mol. The van der Waals surface area contributed by atoms with E-state index in [1.165, 1.54) is 5.75 Å². The van der Waals surface area contributed by atoms with Gasteiger partial charge < -0.3 is 9.67 Å². The molecule has 2 aromatic rings. The van der Waals surface area contributed by atoms with E-state index in [1.807, 2.05) is 36.0 Å². The number of para-hydroxylation sites is 2. The van der Waals surface area contributed by atoms with Crippen LogP contribution in [0.15, 0.2) is 24.3 Å². The van der Waals surface area contributed by atoms with Crippen molar-refractivity contribution in [3.63, 3.8) is 0 Å². The van der Waals surface area contributed by atoms with E-state index in [2.05, 4.69) is 4.57 Å². The standard InChI is InChI=1S/C14H16N2O2S/c17-13(18)5-7-16-12-4-2-1-3-11(12)15-14(16)10-6-8-19-9-10/h1-4,10H,5-9H2,(H,17,18). The highest BCUT2D eigenvalue weighted by Gasteiger charge is 2.24. The molecule has 100 valence electrons. The van der Waals surface area contributed by atoms with Crippen molar-refractivity contribution in [1.82, 2.24) is 9.55 Å². The third-order valence-electron chi connectivity index (χ3n) is 3.53. The number of aromatic nitrogens is 2. The van der Waals surface area contributed by atoms with Gasteiger partial charge in [-0.05, 0) is 24.3 Å². The average Bonchev–Trinajstić information content (AvgIpc) is 3.03. The molecule has 19 heavy (non-hydrogen) atoms. The zero-order valence-corrected chi connectivity index (χ0v) is 11.4. The molecule has 1 N–H and O–H groups in total. The molecule has 0 spiro atoms. The van der Waals surface area contributed by atoms with Crippen LogP contribution >= 0.6 is 11.8 Å². The second-order valence-corrected chi connectivity index (χ2v) is 5.96. The lowest BCUT2D eigenvalue weighted by Crippen LogP contribution is -2.11. The molecule has 0 radical (unpaired) electrons. The van der Waals surface area contributed by atoms with Crippen LogP contribution in [0.25, 0.3) is 11.0 Å². The van der Waals surface area contributed by atoms with Crippen LogP contribution in [0.4, 0.5) is 0 Å². The molecule has 4 nitrogen and oxygen atoms in total. The monoisotopic (exact) mass is 276 g/mol. The molecule has 0 bridgehead atoms. The molecule has 1 aromatic heterocycles. The number of aliphatic carboxylic acids is 1. The second kappa shape index (κ2) is 5.25. The minimum atomic E-state index is -0.760. The third kappa shape index (κ3) is 2.47. The first-order valence-electron chi connectivity index (χ1n) is 6.50. The van der Waals surface area contributed by atoms with Gasteiger partial charge in [0, 0.05) is 18.2 Å². The van der Waals surface area contributed by atoms with Crippen molar-refractivity contribution in [3.05, 3.63) is 30.1 Å². The van der Waals surface area contributed by atoms with E-state index in [4.69, 9.17) is 10.1 Å². The first kappa shape index (κ1) is 12.5. The lowest BCUT2D eigenvalue weighted by Gasteiger charge is -2.12. The normalized spacial score (nSPS) is 19.1. The topological polar surface area (TPSA) is 55.1 Å². The van der Waals surface area contributed by atoms with E-state index in [-0.39, 0.29) is 6.42 Å². The van der Waals surface area contributed by atoms with E-state index in [9.17, 15) is 4.79 Å². The largest absolute Gasteiger partial charge is 0.481 e. The van der Waals surface area contributed by atoms with Crippen molar-refractivity contribution < 1.29 is 9.90 Å². The van der Waals surface area contributed by atoms with Crippen LogP contribution in [-0.4, -0.2) is 32.1 Å². The van der Waals surface area contributed by atoms with Crippen LogP contribution in [0.1, 0.15) is 24.6 Å². The molecular formula is C14H16N2O2S. The smallest absolute Gasteiger partial charge is 0.305 e. The second-order valence-electron chi connectivity index (χ2n) is 4.81. The fourth-order valence-corrected chi connectivity index (χ4v) is 3.80. The Hall–Kier alpha value is -1.49. The molecule has 5 heteroatoms. The van der Waals surface area contributed by atoms with Crippen LogP contribution < -0.4 is 0 Å². The third-order valence-corrected chi connectivity index (χ3v) is 4.69. The molecule has 0 amide bonds. The summed E-state index contributed by atoms with van der Waals surface area (Å²) in [5, 5.41) is 8.90. The highest BCUT2D eigenvalue weighted by Crippen LogP contribution is 2.33. The maximum atomic E-state index is 10.8. The maximum Gasteiger partial charge on any atom is 0.305 e. The first-order chi connectivity index (χ1) is 9.25. The van der Waals surface area contributed by atoms with Gasteiger partial charge in [0.2, 0.25) is 0 Å². The summed E-state index contributed by atoms with van der Waals surface area (Å²) in [4.78, 5) is 15.6. The number of rotatable bonds is 4. The number of nitrogens with zero attached hydrogens (tertiary/aromatic N) is 2. The maximum absolute atomic E-state index is 10.8. The predicted octanol–water partition coefficient (Wildman–Crippen LogP) is 2.73. The summed E-state index contributed by atoms with van der Waals surface area (Å²) in [7, 11) is 0. The molecule has 1 fully saturated rings. The predicted molar refractivity (Wildman–Crippen MR) is 76.7 cm³/mol. The number of carbonyl (C=O) groups is 1. The van der Waals surface area contributed by atoms with Crippen LogP contribution in [0.3, 0.4) is 0 Å². The zero-order valence-electron chi connectivity index (χ0n) is 10.6. The van der Waals surface area contributed by atoms with E-state index in [0.717, 1.165) is 29.0 Å². The van der Waals surface area contributed by atoms with Gasteiger partial charge in [0.1, 0.15) is 5.82 Å². The van der Waals surface area contributed by atoms with Gasteiger partial charge in [-0.15, -0.1) is 0 Å². The Labute approximate surface area is 115 Å². The van der Waals surface area contributed by atoms with Crippen molar-refractivity contribution in [2.45, 2.75) is 25.3 Å². The summed E-state index contributed by atoms with van der Waals surface area (Å²) < 4.78 is 2.10. The van der Waals surface area contributed by atoms with Crippen LogP contribution in [-0.2, 0) is 11.3 Å². The Balaban J connectivity index is 2.02. The number of thioether (sulfide) groups is 1. The van der Waals surface area contributed by atoms with E-state index < -0.39 is 5.97 Å². The highest BCUT2D eigenvalue weighted by atomic mass is 32.2. The minimum Gasteiger partial charge on any atom is -0.481 e. The van der Waals surface area contributed by atoms with Crippen LogP contribution in [0.2, 0.25) is 0 Å². The van der Waals surface area contributed by atoms with E-state index >= 15 is 0 Å². The molecule has 3 rings (SSSR count). The van der Waals surface area contributed by atoms with Gasteiger partial charge in [-0.25, -0.2) is 4.98 Å². The Kier molecular flexibility index (Phi) is 3.46. The van der Waals surface area contributed by atoms with Gasteiger partial charge in [-0.2, -0.15) is 11.8 Å². The number of hydrogen-bond donors (Lipinski definition) is 1. The number of fused-ring (bicyclic) bond motifs is 1. The van der Waals surface area contributed by atoms with Crippen molar-refractivity contribution in [3.8, 4) is 0 Å². The average molecular weight is 276 g/mol. The quantitative estimate of drug-likeness (QED) is 0.933. The zero-order chi connectivity index (χ0) is 13.2. The molecule has 1 atom stereocenters. The Morgan fingerprint density at radius 3 is 3.05 bits per heavy atom. The molecule has 0 saturated carbocycles. The summed E-state index contributed by atoms with van der Waals surface area (Å²) in [5.41, 5.74) is 2.02. The number of aryl methyl sites for hydroxylation is 1. The van der Waals surface area contributed by atoms with Gasteiger partial charge in [0.15, 0.2) is 0 Å². The summed E-state index contributed by atoms with van der Waals surface area (Å²) in [5.74, 6) is 3.03. The molecule has 1 saturated heterocycles. The van der Waals surface area contributed by atoms with Gasteiger partial charge in [-0.3, -0.25) is 4.79 Å². The van der Waals surface area contributed by atoms with Crippen molar-refractivity contribution in [2.24, 2.45) is 0 Å². The highest BCUT2D eigenvalue weighted by molar-refractivity contribution is 7.99. The molecule has 2 heterocycles. The van der Waals surface area contributed by atoms with Crippen LogP contribution in [0.5, 0.6) is 0 Å². The fraction of sp³-hybridized carbons (Fsp3) is 0.429. The fourth-order valence-electron chi connectivity index (χ4n) is 2.59. The van der Waals surface area contributed by atoms with Gasteiger partial charge in [0.05, 0.1) is 17.5 Å². The number of hydrogen-bond acceptors (Lipinski definition) is 3. The molecule has 1 unspecified atom stereocenters. The summed E-state index contributed by atoms with van der Waals surface area (Å²) in [6, 6.07) is 7.98. The molecule has 1 aromatic carbocycles. The van der Waals surface area contributed by atoms with Gasteiger partial charge in [-0.1, -0.05) is 12.1 Å². The van der Waals surface area contributed by atoms with Crippen molar-refractivity contribution in [2.75, 3.05) is 11.5 Å². The lowest BCUT2D eigenvalue weighted by atomic mass is 10.1. The minimum absolute atomic E-state index is 0.146. The number of carboxylic acids is 1. The SMILES string of the molecule is O=C(O)CCn1c(C2CCSC2)nc2ccccc21. The number of imidazole rings is 1. The van der Waals surface area contributed by atoms with Gasteiger partial charge in [0.25, 0.3) is 0 Å². The van der Waals surface area contributed by atoms with E-state index in [1.54, 1.807) is 0 Å². The first-order valence-corrected chi connectivity index (χ1v) is 7.66. The number of carboxylic acid groups (broad SMARTS) is 1. The van der Waals surface area contributed by atoms with E-state index in [0.29, 0.717) is 12.5 Å². The lowest BCUT2D eigenvalue weighted by molar-refractivity contribution is -0.137. The Morgan fingerprint density at radius 2 is 2.32 bits per heavy atom. The molecule has 1 aliphatic rings. The summed E-state index contributed by atoms with van der Waals surface area (Å²) >= 11 is 1.95. The van der Waals surface area contributed by atoms with Crippen molar-refractivity contribution >= 4 is 28.8 Å². The Bertz CT molecular complexity index is 603.